The quantitative estimate of drug-likeness (QED) is 0.398. The van der Waals surface area contributed by atoms with E-state index < -0.39 is 0 Å². The summed E-state index contributed by atoms with van der Waals surface area (Å²) in [5, 5.41) is 0. The molecule has 0 heterocycles. The van der Waals surface area contributed by atoms with Gasteiger partial charge in [-0.2, -0.15) is 0 Å². The van der Waals surface area contributed by atoms with Gasteiger partial charge in [0.1, 0.15) is 0 Å². The Bertz CT molecular complexity index is 141. The first-order chi connectivity index (χ1) is 3.41. The molecule has 1 saturated carbocycles. The highest BCUT2D eigenvalue weighted by Gasteiger charge is 2.37. The number of hydrogen-bond acceptors (Lipinski definition) is 0. The molecule has 0 aromatic heterocycles. The first kappa shape index (κ1) is 3.55. The van der Waals surface area contributed by atoms with E-state index in [2.05, 4.69) is 11.8 Å². The molecule has 0 aromatic rings. The van der Waals surface area contributed by atoms with Crippen molar-refractivity contribution in [3.63, 3.8) is 0 Å². The normalized spacial score (nSPS) is 29.7. The van der Waals surface area contributed by atoms with Crippen molar-refractivity contribution < 1.29 is 0 Å². The molecule has 0 aliphatic heterocycles. The second kappa shape index (κ2) is 0.865. The van der Waals surface area contributed by atoms with E-state index in [9.17, 15) is 0 Å². The molecule has 36 valence electrons. The minimum Gasteiger partial charge on any atom is -0.101 e. The second-order valence-corrected chi connectivity index (χ2v) is 2.61. The van der Waals surface area contributed by atoms with Crippen LogP contribution in [0.3, 0.4) is 0 Å². The lowest BCUT2D eigenvalue weighted by Gasteiger charge is -2.39. The fraction of sp³-hybridized carbons (Fsp3) is 0.714. The van der Waals surface area contributed by atoms with Gasteiger partial charge < -0.3 is 0 Å². The molecule has 0 heteroatoms. The second-order valence-electron chi connectivity index (χ2n) is 2.61. The molecular formula is C7H8. The van der Waals surface area contributed by atoms with Crippen molar-refractivity contribution >= 4 is 0 Å². The SMILES string of the molecule is C1#CC2(C1)CCC2. The van der Waals surface area contributed by atoms with Gasteiger partial charge in [-0.3, -0.25) is 0 Å². The Hall–Kier alpha value is -0.440. The molecule has 0 N–H and O–H groups in total. The standard InChI is InChI=1S/C7H8/c1-3-7(4-1)5-2-6-7/h1,3-5H2. The zero-order valence-corrected chi connectivity index (χ0v) is 4.33. The first-order valence-electron chi connectivity index (χ1n) is 2.91. The van der Waals surface area contributed by atoms with Crippen LogP contribution in [-0.2, 0) is 0 Å². The minimum atomic E-state index is 0.583. The summed E-state index contributed by atoms with van der Waals surface area (Å²) in [6.07, 6.45) is 5.40. The van der Waals surface area contributed by atoms with Gasteiger partial charge in [0.15, 0.2) is 0 Å². The summed E-state index contributed by atoms with van der Waals surface area (Å²) >= 11 is 0. The molecule has 2 aliphatic carbocycles. The smallest absolute Gasteiger partial charge is 0.0423 e. The average Bonchev–Trinajstić information content (AvgIpc) is 1.20. The van der Waals surface area contributed by atoms with Crippen LogP contribution in [0.4, 0.5) is 0 Å². The molecular weight excluding hydrogens is 84.1 g/mol. The lowest BCUT2D eigenvalue weighted by Crippen LogP contribution is -2.31. The Kier molecular flexibility index (Phi) is 0.439. The Morgan fingerprint density at radius 1 is 1.29 bits per heavy atom. The predicted octanol–water partition coefficient (Wildman–Crippen LogP) is 1.56. The van der Waals surface area contributed by atoms with E-state index in [0.717, 1.165) is 0 Å². The monoisotopic (exact) mass is 92.1 g/mol. The third-order valence-electron chi connectivity index (χ3n) is 2.09. The maximum Gasteiger partial charge on any atom is 0.0423 e. The molecule has 0 radical (unpaired) electrons. The zero-order chi connectivity index (χ0) is 4.74. The summed E-state index contributed by atoms with van der Waals surface area (Å²) < 4.78 is 0. The van der Waals surface area contributed by atoms with E-state index in [1.54, 1.807) is 0 Å². The van der Waals surface area contributed by atoms with Crippen molar-refractivity contribution in [3.05, 3.63) is 0 Å². The van der Waals surface area contributed by atoms with Gasteiger partial charge in [0, 0.05) is 11.8 Å². The van der Waals surface area contributed by atoms with Crippen LogP contribution >= 0.6 is 0 Å². The van der Waals surface area contributed by atoms with Crippen LogP contribution in [0, 0.1) is 17.3 Å². The molecule has 0 atom stereocenters. The van der Waals surface area contributed by atoms with Gasteiger partial charge in [-0.25, -0.2) is 0 Å². The van der Waals surface area contributed by atoms with Crippen LogP contribution in [-0.4, -0.2) is 0 Å². The summed E-state index contributed by atoms with van der Waals surface area (Å²) in [4.78, 5) is 0. The number of hydrogen-bond donors (Lipinski definition) is 0. The minimum absolute atomic E-state index is 0.583. The van der Waals surface area contributed by atoms with Crippen LogP contribution < -0.4 is 0 Å². The maximum atomic E-state index is 3.21. The van der Waals surface area contributed by atoms with Gasteiger partial charge in [-0.15, -0.1) is 5.92 Å². The molecule has 2 rings (SSSR count). The summed E-state index contributed by atoms with van der Waals surface area (Å²) in [6.45, 7) is 0. The van der Waals surface area contributed by atoms with Gasteiger partial charge in [-0.1, -0.05) is 12.3 Å². The average molecular weight is 92.1 g/mol. The van der Waals surface area contributed by atoms with Crippen LogP contribution in [0.1, 0.15) is 25.7 Å². The zero-order valence-electron chi connectivity index (χ0n) is 4.33. The lowest BCUT2D eigenvalue weighted by atomic mass is 9.63. The van der Waals surface area contributed by atoms with Crippen LogP contribution in [0.5, 0.6) is 0 Å². The Balaban J connectivity index is 2.21. The van der Waals surface area contributed by atoms with E-state index in [0.29, 0.717) is 5.41 Å². The third-order valence-corrected chi connectivity index (χ3v) is 2.09. The van der Waals surface area contributed by atoms with E-state index in [-0.39, 0.29) is 0 Å². The van der Waals surface area contributed by atoms with E-state index in [4.69, 9.17) is 0 Å². The third kappa shape index (κ3) is 0.291. The highest BCUT2D eigenvalue weighted by molar-refractivity contribution is 5.27. The molecule has 2 aliphatic rings. The fourth-order valence-electron chi connectivity index (χ4n) is 1.24. The van der Waals surface area contributed by atoms with Gasteiger partial charge in [-0.05, 0) is 12.8 Å². The van der Waals surface area contributed by atoms with E-state index in [1.807, 2.05) is 0 Å². The molecule has 0 saturated heterocycles. The summed E-state index contributed by atoms with van der Waals surface area (Å²) in [5.74, 6) is 6.26. The summed E-state index contributed by atoms with van der Waals surface area (Å²) in [7, 11) is 0. The fourth-order valence-corrected chi connectivity index (χ4v) is 1.24. The molecule has 0 unspecified atom stereocenters. The lowest BCUT2D eigenvalue weighted by molar-refractivity contribution is 0.210. The van der Waals surface area contributed by atoms with Crippen molar-refractivity contribution in [2.24, 2.45) is 5.41 Å². The topological polar surface area (TPSA) is 0 Å². The van der Waals surface area contributed by atoms with Gasteiger partial charge >= 0.3 is 0 Å². The van der Waals surface area contributed by atoms with Crippen LogP contribution in [0.2, 0.25) is 0 Å². The molecule has 0 nitrogen and oxygen atoms in total. The largest absolute Gasteiger partial charge is 0.101 e. The summed E-state index contributed by atoms with van der Waals surface area (Å²) in [6, 6.07) is 0. The van der Waals surface area contributed by atoms with Crippen LogP contribution in [0.25, 0.3) is 0 Å². The van der Waals surface area contributed by atoms with Crippen molar-refractivity contribution in [1.82, 2.24) is 0 Å². The molecule has 1 fully saturated rings. The van der Waals surface area contributed by atoms with Gasteiger partial charge in [0.05, 0.1) is 0 Å². The van der Waals surface area contributed by atoms with Crippen LogP contribution in [0.15, 0.2) is 0 Å². The molecule has 1 spiro atoms. The predicted molar refractivity (Wildman–Crippen MR) is 28.7 cm³/mol. The Morgan fingerprint density at radius 2 is 2.00 bits per heavy atom. The molecule has 0 bridgehead atoms. The first-order valence-corrected chi connectivity index (χ1v) is 2.91. The van der Waals surface area contributed by atoms with Crippen molar-refractivity contribution in [3.8, 4) is 11.8 Å². The Morgan fingerprint density at radius 3 is 2.00 bits per heavy atom. The van der Waals surface area contributed by atoms with Gasteiger partial charge in [0.2, 0.25) is 0 Å². The Labute approximate surface area is 43.9 Å². The molecule has 7 heavy (non-hydrogen) atoms. The summed E-state index contributed by atoms with van der Waals surface area (Å²) in [5.41, 5.74) is 0.583. The number of rotatable bonds is 0. The highest BCUT2D eigenvalue weighted by Crippen LogP contribution is 2.46. The van der Waals surface area contributed by atoms with E-state index >= 15 is 0 Å². The maximum absolute atomic E-state index is 3.21. The van der Waals surface area contributed by atoms with Gasteiger partial charge in [0.25, 0.3) is 0 Å². The molecule has 0 amide bonds. The molecule has 0 aromatic carbocycles. The van der Waals surface area contributed by atoms with Crippen molar-refractivity contribution in [2.45, 2.75) is 25.7 Å². The van der Waals surface area contributed by atoms with Crippen molar-refractivity contribution in [1.29, 1.82) is 0 Å². The highest BCUT2D eigenvalue weighted by atomic mass is 14.4. The van der Waals surface area contributed by atoms with Crippen molar-refractivity contribution in [2.75, 3.05) is 0 Å². The van der Waals surface area contributed by atoms with E-state index in [1.165, 1.54) is 25.7 Å².